The first-order chi connectivity index (χ1) is 12.4. The van der Waals surface area contributed by atoms with Crippen LogP contribution in [0, 0.1) is 19.7 Å². The number of benzene rings is 1. The average Bonchev–Trinajstić information content (AvgIpc) is 3.23. The lowest BCUT2D eigenvalue weighted by Crippen LogP contribution is -2.32. The average molecular weight is 372 g/mol. The number of aromatic nitrogens is 2. The topological polar surface area (TPSA) is 76.0 Å². The van der Waals surface area contributed by atoms with Crippen LogP contribution in [0.1, 0.15) is 21.7 Å². The molecule has 2 heterocycles. The van der Waals surface area contributed by atoms with Gasteiger partial charge in [0, 0.05) is 22.3 Å². The van der Waals surface area contributed by atoms with Gasteiger partial charge in [-0.15, -0.1) is 0 Å². The minimum atomic E-state index is -0.503. The molecule has 2 amide bonds. The molecule has 3 aromatic rings. The molecular weight excluding hydrogens is 355 g/mol. The first kappa shape index (κ1) is 17.8. The molecule has 2 aromatic heterocycles. The summed E-state index contributed by atoms with van der Waals surface area (Å²) in [5.74, 6) is -1.27. The Balaban J connectivity index is 1.63. The number of halogens is 1. The maximum absolute atomic E-state index is 14.4. The Morgan fingerprint density at radius 1 is 1.23 bits per heavy atom. The van der Waals surface area contributed by atoms with Gasteiger partial charge < -0.3 is 10.6 Å². The molecule has 3 rings (SSSR count). The highest BCUT2D eigenvalue weighted by molar-refractivity contribution is 7.08. The summed E-state index contributed by atoms with van der Waals surface area (Å²) in [4.78, 5) is 23.7. The second-order valence-electron chi connectivity index (χ2n) is 5.75. The zero-order valence-corrected chi connectivity index (χ0v) is 15.1. The zero-order valence-electron chi connectivity index (χ0n) is 14.2. The molecule has 0 saturated heterocycles. The molecule has 2 N–H and O–H groups in total. The van der Waals surface area contributed by atoms with Crippen molar-refractivity contribution in [1.29, 1.82) is 0 Å². The lowest BCUT2D eigenvalue weighted by Gasteiger charge is -2.10. The van der Waals surface area contributed by atoms with Crippen LogP contribution in [0.25, 0.3) is 5.69 Å². The molecule has 0 bridgehead atoms. The first-order valence-electron chi connectivity index (χ1n) is 7.87. The molecule has 0 saturated carbocycles. The minimum absolute atomic E-state index is 0.199. The Labute approximate surface area is 153 Å². The summed E-state index contributed by atoms with van der Waals surface area (Å²) in [6, 6.07) is 7.89. The van der Waals surface area contributed by atoms with Gasteiger partial charge in [0.05, 0.1) is 12.2 Å². The van der Waals surface area contributed by atoms with E-state index in [1.54, 1.807) is 29.0 Å². The normalized spacial score (nSPS) is 10.6. The van der Waals surface area contributed by atoms with Gasteiger partial charge in [-0.3, -0.25) is 9.59 Å². The fourth-order valence-corrected chi connectivity index (χ4v) is 3.13. The van der Waals surface area contributed by atoms with Crippen molar-refractivity contribution < 1.29 is 14.0 Å². The van der Waals surface area contributed by atoms with E-state index >= 15 is 0 Å². The number of anilines is 1. The van der Waals surface area contributed by atoms with E-state index in [2.05, 4.69) is 15.7 Å². The number of carbonyl (C=O) groups excluding carboxylic acids is 2. The maximum Gasteiger partial charge on any atom is 0.252 e. The van der Waals surface area contributed by atoms with Gasteiger partial charge in [-0.25, -0.2) is 9.07 Å². The summed E-state index contributed by atoms with van der Waals surface area (Å²) in [6.45, 7) is 3.47. The molecule has 0 unspecified atom stereocenters. The van der Waals surface area contributed by atoms with E-state index in [0.717, 1.165) is 11.4 Å². The number of aryl methyl sites for hydroxylation is 2. The van der Waals surface area contributed by atoms with E-state index in [-0.39, 0.29) is 12.5 Å². The molecule has 0 aliphatic rings. The summed E-state index contributed by atoms with van der Waals surface area (Å²) >= 11 is 1.40. The SMILES string of the molecule is Cc1cc(C)n(-c2ccc(NC(=O)CNC(=O)c3ccsc3)cc2F)n1. The van der Waals surface area contributed by atoms with Gasteiger partial charge in [0.1, 0.15) is 5.69 Å². The van der Waals surface area contributed by atoms with E-state index in [9.17, 15) is 14.0 Å². The fraction of sp³-hybridized carbons (Fsp3) is 0.167. The Morgan fingerprint density at radius 2 is 2.04 bits per heavy atom. The van der Waals surface area contributed by atoms with Crippen molar-refractivity contribution in [3.8, 4) is 5.69 Å². The summed E-state index contributed by atoms with van der Waals surface area (Å²) in [7, 11) is 0. The van der Waals surface area contributed by atoms with Crippen LogP contribution in [0.15, 0.2) is 41.1 Å². The molecular formula is C18H17FN4O2S. The molecule has 0 fully saturated rings. The summed E-state index contributed by atoms with van der Waals surface area (Å²) in [6.07, 6.45) is 0. The number of amides is 2. The summed E-state index contributed by atoms with van der Waals surface area (Å²) in [5.41, 5.74) is 2.72. The van der Waals surface area contributed by atoms with Gasteiger partial charge >= 0.3 is 0 Å². The Hall–Kier alpha value is -3.00. The number of carbonyl (C=O) groups is 2. The molecule has 6 nitrogen and oxygen atoms in total. The van der Waals surface area contributed by atoms with Crippen LogP contribution in [0.2, 0.25) is 0 Å². The molecule has 8 heteroatoms. The molecule has 0 aliphatic carbocycles. The zero-order chi connectivity index (χ0) is 18.7. The number of thiophene rings is 1. The molecule has 0 spiro atoms. The first-order valence-corrected chi connectivity index (χ1v) is 8.82. The number of hydrogen-bond donors (Lipinski definition) is 2. The van der Waals surface area contributed by atoms with Crippen LogP contribution in [0.4, 0.5) is 10.1 Å². The monoisotopic (exact) mass is 372 g/mol. The standard InChI is InChI=1S/C18H17FN4O2S/c1-11-7-12(2)23(22-11)16-4-3-14(8-15(16)19)21-17(24)9-20-18(25)13-5-6-26-10-13/h3-8,10H,9H2,1-2H3,(H,20,25)(H,21,24). The Bertz CT molecular complexity index is 950. The molecule has 26 heavy (non-hydrogen) atoms. The molecule has 134 valence electrons. The Morgan fingerprint density at radius 3 is 2.65 bits per heavy atom. The van der Waals surface area contributed by atoms with E-state index in [1.165, 1.54) is 22.1 Å². The number of nitrogens with zero attached hydrogens (tertiary/aromatic N) is 2. The number of hydrogen-bond acceptors (Lipinski definition) is 4. The van der Waals surface area contributed by atoms with Crippen molar-refractivity contribution in [2.75, 3.05) is 11.9 Å². The van der Waals surface area contributed by atoms with Crippen LogP contribution < -0.4 is 10.6 Å². The van der Waals surface area contributed by atoms with Crippen molar-refractivity contribution in [3.63, 3.8) is 0 Å². The van der Waals surface area contributed by atoms with Gasteiger partial charge in [-0.1, -0.05) is 0 Å². The van der Waals surface area contributed by atoms with Crippen molar-refractivity contribution in [3.05, 3.63) is 63.9 Å². The lowest BCUT2D eigenvalue weighted by molar-refractivity contribution is -0.115. The predicted molar refractivity (Wildman–Crippen MR) is 98.3 cm³/mol. The minimum Gasteiger partial charge on any atom is -0.343 e. The smallest absolute Gasteiger partial charge is 0.252 e. The van der Waals surface area contributed by atoms with Crippen LogP contribution in [-0.4, -0.2) is 28.1 Å². The summed E-state index contributed by atoms with van der Waals surface area (Å²) in [5, 5.41) is 12.8. The van der Waals surface area contributed by atoms with Gasteiger partial charge in [-0.05, 0) is 49.6 Å². The predicted octanol–water partition coefficient (Wildman–Crippen LogP) is 3.06. The number of nitrogens with one attached hydrogen (secondary N) is 2. The number of rotatable bonds is 5. The lowest BCUT2D eigenvalue weighted by atomic mass is 10.2. The largest absolute Gasteiger partial charge is 0.343 e. The molecule has 0 atom stereocenters. The van der Waals surface area contributed by atoms with Crippen LogP contribution >= 0.6 is 11.3 Å². The van der Waals surface area contributed by atoms with Crippen molar-refractivity contribution in [2.45, 2.75) is 13.8 Å². The molecule has 1 aromatic carbocycles. The van der Waals surface area contributed by atoms with Gasteiger partial charge in [0.25, 0.3) is 5.91 Å². The quantitative estimate of drug-likeness (QED) is 0.723. The highest BCUT2D eigenvalue weighted by Gasteiger charge is 2.12. The van der Waals surface area contributed by atoms with E-state index < -0.39 is 11.7 Å². The van der Waals surface area contributed by atoms with Crippen LogP contribution in [-0.2, 0) is 4.79 Å². The van der Waals surface area contributed by atoms with Gasteiger partial charge in [-0.2, -0.15) is 16.4 Å². The highest BCUT2D eigenvalue weighted by Crippen LogP contribution is 2.19. The van der Waals surface area contributed by atoms with Gasteiger partial charge in [0.2, 0.25) is 5.91 Å². The van der Waals surface area contributed by atoms with Gasteiger partial charge in [0.15, 0.2) is 5.82 Å². The third kappa shape index (κ3) is 3.97. The van der Waals surface area contributed by atoms with Crippen LogP contribution in [0.5, 0.6) is 0 Å². The third-order valence-electron chi connectivity index (χ3n) is 3.66. The maximum atomic E-state index is 14.4. The molecule has 0 aliphatic heterocycles. The summed E-state index contributed by atoms with van der Waals surface area (Å²) < 4.78 is 15.9. The van der Waals surface area contributed by atoms with Crippen molar-refractivity contribution in [2.24, 2.45) is 0 Å². The van der Waals surface area contributed by atoms with Crippen molar-refractivity contribution >= 4 is 28.8 Å². The highest BCUT2D eigenvalue weighted by atomic mass is 32.1. The fourth-order valence-electron chi connectivity index (χ4n) is 2.49. The Kier molecular flexibility index (Phi) is 5.13. The second kappa shape index (κ2) is 7.49. The third-order valence-corrected chi connectivity index (χ3v) is 4.35. The van der Waals surface area contributed by atoms with E-state index in [1.807, 2.05) is 19.9 Å². The van der Waals surface area contributed by atoms with Crippen LogP contribution in [0.3, 0.4) is 0 Å². The van der Waals surface area contributed by atoms with Crippen molar-refractivity contribution in [1.82, 2.24) is 15.1 Å². The van der Waals surface area contributed by atoms with E-state index in [0.29, 0.717) is 16.9 Å². The second-order valence-corrected chi connectivity index (χ2v) is 6.53. The van der Waals surface area contributed by atoms with E-state index in [4.69, 9.17) is 0 Å². The molecule has 0 radical (unpaired) electrons.